The van der Waals surface area contributed by atoms with E-state index in [1.54, 1.807) is 0 Å². The zero-order valence-electron chi connectivity index (χ0n) is 10.0. The average molecular weight is 232 g/mol. The molecular weight excluding hydrogens is 208 g/mol. The fraction of sp³-hybridized carbons (Fsp3) is 1.00. The van der Waals surface area contributed by atoms with E-state index in [1.807, 2.05) is 0 Å². The number of hydrogen-bond acceptors (Lipinski definition) is 2. The Kier molecular flexibility index (Phi) is 4.83. The summed E-state index contributed by atoms with van der Waals surface area (Å²) >= 11 is 0. The molecule has 84 valence electrons. The maximum atomic E-state index is 6.14. The van der Waals surface area contributed by atoms with Crippen LogP contribution in [0.2, 0.25) is 26.2 Å². The zero-order valence-corrected chi connectivity index (χ0v) is 12.2. The third-order valence-electron chi connectivity index (χ3n) is 2.52. The van der Waals surface area contributed by atoms with Gasteiger partial charge in [-0.25, -0.2) is 0 Å². The van der Waals surface area contributed by atoms with Gasteiger partial charge in [0.2, 0.25) is 0 Å². The van der Waals surface area contributed by atoms with Crippen LogP contribution in [0.25, 0.3) is 0 Å². The molecular formula is C10H24O2Si2. The maximum Gasteiger partial charge on any atom is 0.321 e. The summed E-state index contributed by atoms with van der Waals surface area (Å²) in [6.45, 7) is 8.82. The topological polar surface area (TPSA) is 18.5 Å². The molecule has 2 nitrogen and oxygen atoms in total. The first-order valence-electron chi connectivity index (χ1n) is 5.85. The molecule has 0 amide bonds. The molecule has 0 aromatic carbocycles. The van der Waals surface area contributed by atoms with E-state index in [4.69, 9.17) is 8.54 Å². The van der Waals surface area contributed by atoms with Gasteiger partial charge < -0.3 is 8.54 Å². The van der Waals surface area contributed by atoms with Crippen molar-refractivity contribution in [2.45, 2.75) is 64.4 Å². The highest BCUT2D eigenvalue weighted by atomic mass is 28.4. The zero-order chi connectivity index (χ0) is 10.6. The summed E-state index contributed by atoms with van der Waals surface area (Å²) < 4.78 is 12.1. The van der Waals surface area contributed by atoms with Gasteiger partial charge in [-0.15, -0.1) is 0 Å². The second-order valence-corrected chi connectivity index (χ2v) is 11.0. The van der Waals surface area contributed by atoms with Gasteiger partial charge in [-0.2, -0.15) is 0 Å². The molecule has 0 atom stereocenters. The Hall–Kier alpha value is 0.354. The van der Waals surface area contributed by atoms with E-state index in [0.717, 1.165) is 0 Å². The fourth-order valence-electron chi connectivity index (χ4n) is 2.18. The molecule has 4 heteroatoms. The van der Waals surface area contributed by atoms with Gasteiger partial charge in [-0.05, 0) is 39.0 Å². The van der Waals surface area contributed by atoms with E-state index in [2.05, 4.69) is 26.2 Å². The van der Waals surface area contributed by atoms with Crippen molar-refractivity contribution in [1.29, 1.82) is 0 Å². The molecule has 1 aliphatic carbocycles. The molecule has 14 heavy (non-hydrogen) atoms. The lowest BCUT2D eigenvalue weighted by Gasteiger charge is -2.32. The quantitative estimate of drug-likeness (QED) is 0.694. The van der Waals surface area contributed by atoms with Crippen LogP contribution in [0.15, 0.2) is 0 Å². The highest BCUT2D eigenvalue weighted by Crippen LogP contribution is 2.24. The highest BCUT2D eigenvalue weighted by molar-refractivity contribution is 6.72. The minimum absolute atomic E-state index is 0.498. The van der Waals surface area contributed by atoms with Gasteiger partial charge in [0.1, 0.15) is 0 Å². The van der Waals surface area contributed by atoms with Crippen molar-refractivity contribution in [3.05, 3.63) is 0 Å². The molecule has 0 N–H and O–H groups in total. The molecule has 1 rings (SSSR count). The monoisotopic (exact) mass is 232 g/mol. The minimum Gasteiger partial charge on any atom is -0.439 e. The molecule has 0 aromatic rings. The normalized spacial score (nSPS) is 20.4. The van der Waals surface area contributed by atoms with E-state index in [-0.39, 0.29) is 0 Å². The van der Waals surface area contributed by atoms with Gasteiger partial charge in [0.15, 0.2) is 9.04 Å². The maximum absolute atomic E-state index is 6.14. The van der Waals surface area contributed by atoms with Crippen LogP contribution >= 0.6 is 0 Å². The van der Waals surface area contributed by atoms with Crippen LogP contribution in [0, 0.1) is 0 Å². The Bertz CT molecular complexity index is 166. The summed E-state index contributed by atoms with van der Waals surface area (Å²) in [6.07, 6.45) is 7.07. The minimum atomic E-state index is -1.79. The van der Waals surface area contributed by atoms with Crippen molar-refractivity contribution in [3.63, 3.8) is 0 Å². The Morgan fingerprint density at radius 2 is 1.64 bits per heavy atom. The molecule has 0 heterocycles. The first kappa shape index (κ1) is 12.4. The van der Waals surface area contributed by atoms with Crippen LogP contribution in [0.1, 0.15) is 32.1 Å². The molecule has 0 spiro atoms. The van der Waals surface area contributed by atoms with E-state index >= 15 is 0 Å². The molecule has 0 unspecified atom stereocenters. The summed E-state index contributed by atoms with van der Waals surface area (Å²) in [5, 5.41) is 0. The van der Waals surface area contributed by atoms with Crippen molar-refractivity contribution in [2.24, 2.45) is 0 Å². The van der Waals surface area contributed by atoms with Crippen LogP contribution in [0.5, 0.6) is 0 Å². The summed E-state index contributed by atoms with van der Waals surface area (Å²) in [5.41, 5.74) is 0. The van der Waals surface area contributed by atoms with E-state index in [9.17, 15) is 0 Å². The molecule has 0 radical (unpaired) electrons. The SMILES string of the molecule is C[SiH](C)O[Si](C)(C)OC1CCCCC1. The van der Waals surface area contributed by atoms with Gasteiger partial charge in [0, 0.05) is 6.10 Å². The molecule has 0 aromatic heterocycles. The van der Waals surface area contributed by atoms with Crippen molar-refractivity contribution >= 4 is 17.6 Å². The lowest BCUT2D eigenvalue weighted by Crippen LogP contribution is -2.42. The molecule has 0 aliphatic heterocycles. The predicted octanol–water partition coefficient (Wildman–Crippen LogP) is 3.04. The summed E-state index contributed by atoms with van der Waals surface area (Å²) in [6, 6.07) is 0. The van der Waals surface area contributed by atoms with Gasteiger partial charge in [-0.1, -0.05) is 19.3 Å². The largest absolute Gasteiger partial charge is 0.439 e. The van der Waals surface area contributed by atoms with Gasteiger partial charge in [0.25, 0.3) is 0 Å². The van der Waals surface area contributed by atoms with Gasteiger partial charge in [-0.3, -0.25) is 0 Å². The van der Waals surface area contributed by atoms with Crippen LogP contribution in [0.3, 0.4) is 0 Å². The van der Waals surface area contributed by atoms with Crippen molar-refractivity contribution < 1.29 is 8.54 Å². The second kappa shape index (κ2) is 5.44. The first-order valence-corrected chi connectivity index (χ1v) is 11.4. The highest BCUT2D eigenvalue weighted by Gasteiger charge is 2.30. The number of hydrogen-bond donors (Lipinski definition) is 0. The molecule has 0 bridgehead atoms. The van der Waals surface area contributed by atoms with Crippen molar-refractivity contribution in [2.75, 3.05) is 0 Å². The smallest absolute Gasteiger partial charge is 0.321 e. The lowest BCUT2D eigenvalue weighted by molar-refractivity contribution is 0.120. The summed E-state index contributed by atoms with van der Waals surface area (Å²) in [4.78, 5) is 0. The third-order valence-corrected chi connectivity index (χ3v) is 7.58. The van der Waals surface area contributed by atoms with Gasteiger partial charge >= 0.3 is 8.56 Å². The number of rotatable bonds is 4. The standard InChI is InChI=1S/C10H24O2Si2/c1-13(2)12-14(3,4)11-10-8-6-5-7-9-10/h10,13H,5-9H2,1-4H3. The predicted molar refractivity (Wildman–Crippen MR) is 65.4 cm³/mol. The average Bonchev–Trinajstić information content (AvgIpc) is 2.02. The Labute approximate surface area is 91.0 Å². The van der Waals surface area contributed by atoms with Crippen LogP contribution in [-0.2, 0) is 8.54 Å². The van der Waals surface area contributed by atoms with E-state index in [0.29, 0.717) is 6.10 Å². The van der Waals surface area contributed by atoms with E-state index < -0.39 is 17.6 Å². The second-order valence-electron chi connectivity index (χ2n) is 4.94. The Morgan fingerprint density at radius 3 is 2.14 bits per heavy atom. The Morgan fingerprint density at radius 1 is 1.07 bits per heavy atom. The van der Waals surface area contributed by atoms with Crippen LogP contribution < -0.4 is 0 Å². The van der Waals surface area contributed by atoms with Crippen molar-refractivity contribution in [3.8, 4) is 0 Å². The lowest BCUT2D eigenvalue weighted by atomic mass is 9.98. The summed E-state index contributed by atoms with van der Waals surface area (Å²) in [7, 11) is -2.72. The Balaban J connectivity index is 2.32. The van der Waals surface area contributed by atoms with Crippen molar-refractivity contribution in [1.82, 2.24) is 0 Å². The fourth-order valence-corrected chi connectivity index (χ4v) is 7.98. The third kappa shape index (κ3) is 4.73. The van der Waals surface area contributed by atoms with E-state index in [1.165, 1.54) is 32.1 Å². The molecule has 0 saturated heterocycles. The van der Waals surface area contributed by atoms with Gasteiger partial charge in [0.05, 0.1) is 0 Å². The molecule has 1 fully saturated rings. The van der Waals surface area contributed by atoms with Crippen LogP contribution in [-0.4, -0.2) is 23.7 Å². The molecule has 1 saturated carbocycles. The summed E-state index contributed by atoms with van der Waals surface area (Å²) in [5.74, 6) is 0. The first-order chi connectivity index (χ1) is 6.49. The molecule has 1 aliphatic rings. The van der Waals surface area contributed by atoms with Crippen LogP contribution in [0.4, 0.5) is 0 Å².